The average Bonchev–Trinajstić information content (AvgIpc) is 3.38. The van der Waals surface area contributed by atoms with Crippen LogP contribution in [0.25, 0.3) is 6.08 Å². The molecule has 0 bridgehead atoms. The van der Waals surface area contributed by atoms with E-state index >= 15 is 0 Å². The molecule has 1 aromatic rings. The number of hydrogen-bond acceptors (Lipinski definition) is 6. The summed E-state index contributed by atoms with van der Waals surface area (Å²) >= 11 is 0. The number of aliphatic hydroxyl groups excluding tert-OH is 2. The van der Waals surface area contributed by atoms with Gasteiger partial charge in [0.15, 0.2) is 0 Å². The third kappa shape index (κ3) is 3.76. The van der Waals surface area contributed by atoms with Crippen molar-refractivity contribution >= 4 is 12.0 Å². The van der Waals surface area contributed by atoms with Crippen LogP contribution in [0.4, 0.5) is 0 Å². The molecular formula is C22H27NO6. The van der Waals surface area contributed by atoms with Crippen molar-refractivity contribution in [2.45, 2.75) is 51.2 Å². The van der Waals surface area contributed by atoms with E-state index in [1.807, 2.05) is 19.3 Å². The summed E-state index contributed by atoms with van der Waals surface area (Å²) in [5, 5.41) is 20.8. The van der Waals surface area contributed by atoms with E-state index in [9.17, 15) is 14.7 Å². The first-order valence-corrected chi connectivity index (χ1v) is 10.2. The fourth-order valence-electron chi connectivity index (χ4n) is 4.69. The van der Waals surface area contributed by atoms with Crippen LogP contribution in [0.5, 0.6) is 0 Å². The van der Waals surface area contributed by atoms with Gasteiger partial charge in [-0.25, -0.2) is 4.79 Å². The smallest absolute Gasteiger partial charge is 0.340 e. The molecule has 3 N–H and O–H groups in total. The van der Waals surface area contributed by atoms with Crippen LogP contribution in [0.15, 0.2) is 27.1 Å². The molecule has 3 unspecified atom stereocenters. The fourth-order valence-corrected chi connectivity index (χ4v) is 4.69. The van der Waals surface area contributed by atoms with E-state index in [0.29, 0.717) is 17.2 Å². The molecule has 7 nitrogen and oxygen atoms in total. The van der Waals surface area contributed by atoms with Crippen molar-refractivity contribution in [2.24, 2.45) is 11.8 Å². The summed E-state index contributed by atoms with van der Waals surface area (Å²) in [5.41, 5.74) is 2.63. The number of amides is 1. The second-order valence-corrected chi connectivity index (χ2v) is 8.13. The van der Waals surface area contributed by atoms with E-state index in [-0.39, 0.29) is 25.0 Å². The Morgan fingerprint density at radius 1 is 1.34 bits per heavy atom. The standard InChI is InChI=1S/C22H27NO6/c1-12-16(8-19(26)23-9-14(25)10-24)22(27)29-18-7-6-15-17(13-4-2-3-5-13)11-28-21(15)20(12)18/h6-7,11,13-15,21,24-25H,2-5,8-10H2,1H3,(H,23,26). The Kier molecular flexibility index (Phi) is 5.61. The molecule has 0 aromatic carbocycles. The van der Waals surface area contributed by atoms with Gasteiger partial charge in [-0.15, -0.1) is 0 Å². The molecule has 1 aromatic heterocycles. The molecule has 1 amide bonds. The lowest BCUT2D eigenvalue weighted by atomic mass is 9.79. The molecule has 29 heavy (non-hydrogen) atoms. The SMILES string of the molecule is Cc1c2c(oc(=O)c1CC(=O)NCC(O)CO)C=CC1C(C3CCCC3)=COC21. The number of rotatable bonds is 6. The van der Waals surface area contributed by atoms with Crippen molar-refractivity contribution in [1.29, 1.82) is 0 Å². The predicted molar refractivity (Wildman–Crippen MR) is 106 cm³/mol. The van der Waals surface area contributed by atoms with Crippen LogP contribution in [-0.2, 0) is 16.0 Å². The Labute approximate surface area is 169 Å². The zero-order chi connectivity index (χ0) is 20.5. The summed E-state index contributed by atoms with van der Waals surface area (Å²) in [4.78, 5) is 24.7. The van der Waals surface area contributed by atoms with Gasteiger partial charge in [0.05, 0.1) is 31.0 Å². The van der Waals surface area contributed by atoms with Crippen LogP contribution in [0.2, 0.25) is 0 Å². The minimum atomic E-state index is -1.03. The number of carbonyl (C=O) groups excluding carboxylic acids is 1. The molecule has 3 atom stereocenters. The predicted octanol–water partition coefficient (Wildman–Crippen LogP) is 1.75. The number of ether oxygens (including phenoxy) is 1. The highest BCUT2D eigenvalue weighted by atomic mass is 16.5. The molecule has 2 heterocycles. The number of aliphatic hydroxyl groups is 2. The molecule has 1 fully saturated rings. The molecule has 1 aliphatic heterocycles. The molecule has 0 spiro atoms. The summed E-state index contributed by atoms with van der Waals surface area (Å²) in [6, 6.07) is 0. The van der Waals surface area contributed by atoms with Crippen LogP contribution in [0, 0.1) is 18.8 Å². The van der Waals surface area contributed by atoms with E-state index in [1.165, 1.54) is 31.3 Å². The normalized spacial score (nSPS) is 23.9. The summed E-state index contributed by atoms with van der Waals surface area (Å²) in [6.45, 7) is 1.31. The fraction of sp³-hybridized carbons (Fsp3) is 0.545. The Balaban J connectivity index is 1.57. The van der Waals surface area contributed by atoms with Gasteiger partial charge >= 0.3 is 5.63 Å². The second kappa shape index (κ2) is 8.16. The van der Waals surface area contributed by atoms with Gasteiger partial charge in [0, 0.05) is 18.0 Å². The highest BCUT2D eigenvalue weighted by Crippen LogP contribution is 2.49. The molecule has 0 radical (unpaired) electrons. The van der Waals surface area contributed by atoms with Crippen LogP contribution >= 0.6 is 0 Å². The molecule has 2 aliphatic carbocycles. The van der Waals surface area contributed by atoms with Gasteiger partial charge in [0.25, 0.3) is 0 Å². The Morgan fingerprint density at radius 2 is 2.10 bits per heavy atom. The van der Waals surface area contributed by atoms with Crippen LogP contribution in [0.1, 0.15) is 54.2 Å². The number of hydrogen-bond donors (Lipinski definition) is 3. The van der Waals surface area contributed by atoms with E-state index in [4.69, 9.17) is 14.3 Å². The summed E-state index contributed by atoms with van der Waals surface area (Å²) in [6.07, 6.45) is 9.27. The van der Waals surface area contributed by atoms with E-state index in [1.54, 1.807) is 0 Å². The molecular weight excluding hydrogens is 374 g/mol. The molecule has 3 aliphatic rings. The zero-order valence-electron chi connectivity index (χ0n) is 16.5. The van der Waals surface area contributed by atoms with Gasteiger partial charge in [-0.3, -0.25) is 4.79 Å². The van der Waals surface area contributed by atoms with Gasteiger partial charge in [-0.1, -0.05) is 18.9 Å². The van der Waals surface area contributed by atoms with Gasteiger partial charge < -0.3 is 24.7 Å². The number of fused-ring (bicyclic) bond motifs is 3. The quantitative estimate of drug-likeness (QED) is 0.670. The molecule has 1 saturated carbocycles. The Bertz CT molecular complexity index is 909. The van der Waals surface area contributed by atoms with Crippen molar-refractivity contribution in [3.05, 3.63) is 50.8 Å². The van der Waals surface area contributed by atoms with Crippen molar-refractivity contribution in [3.8, 4) is 0 Å². The number of carbonyl (C=O) groups is 1. The minimum absolute atomic E-state index is 0.0735. The molecule has 0 saturated heterocycles. The van der Waals surface area contributed by atoms with Gasteiger partial charge in [-0.2, -0.15) is 0 Å². The average molecular weight is 401 g/mol. The zero-order valence-corrected chi connectivity index (χ0v) is 16.5. The van der Waals surface area contributed by atoms with Crippen LogP contribution < -0.4 is 10.9 Å². The first-order valence-electron chi connectivity index (χ1n) is 10.2. The van der Waals surface area contributed by atoms with Crippen molar-refractivity contribution in [2.75, 3.05) is 13.2 Å². The van der Waals surface area contributed by atoms with Gasteiger partial charge in [0.2, 0.25) is 5.91 Å². The Hall–Kier alpha value is -2.38. The monoisotopic (exact) mass is 401 g/mol. The summed E-state index contributed by atoms with van der Waals surface area (Å²) < 4.78 is 11.6. The third-order valence-corrected chi connectivity index (χ3v) is 6.28. The van der Waals surface area contributed by atoms with Crippen LogP contribution in [-0.4, -0.2) is 35.4 Å². The second-order valence-electron chi connectivity index (χ2n) is 8.13. The topological polar surface area (TPSA) is 109 Å². The van der Waals surface area contributed by atoms with Crippen molar-refractivity contribution in [1.82, 2.24) is 5.32 Å². The molecule has 4 rings (SSSR count). The maximum absolute atomic E-state index is 12.5. The highest BCUT2D eigenvalue weighted by Gasteiger charge is 2.40. The van der Waals surface area contributed by atoms with Crippen molar-refractivity contribution in [3.63, 3.8) is 0 Å². The molecule has 7 heteroatoms. The summed E-state index contributed by atoms with van der Waals surface area (Å²) in [7, 11) is 0. The Morgan fingerprint density at radius 3 is 2.83 bits per heavy atom. The van der Waals surface area contributed by atoms with Gasteiger partial charge in [-0.05, 0) is 42.9 Å². The van der Waals surface area contributed by atoms with E-state index in [2.05, 4.69) is 11.4 Å². The highest BCUT2D eigenvalue weighted by molar-refractivity contribution is 5.79. The lowest BCUT2D eigenvalue weighted by molar-refractivity contribution is -0.121. The van der Waals surface area contributed by atoms with E-state index < -0.39 is 24.2 Å². The first kappa shape index (κ1) is 19.9. The first-order chi connectivity index (χ1) is 14.0. The van der Waals surface area contributed by atoms with Crippen molar-refractivity contribution < 1.29 is 24.2 Å². The molecule has 156 valence electrons. The lowest BCUT2D eigenvalue weighted by Crippen LogP contribution is -2.36. The third-order valence-electron chi connectivity index (χ3n) is 6.28. The largest absolute Gasteiger partial charge is 0.492 e. The minimum Gasteiger partial charge on any atom is -0.492 e. The van der Waals surface area contributed by atoms with E-state index in [0.717, 1.165) is 11.1 Å². The lowest BCUT2D eigenvalue weighted by Gasteiger charge is -2.27. The maximum atomic E-state index is 12.5. The number of nitrogens with one attached hydrogen (secondary N) is 1. The maximum Gasteiger partial charge on any atom is 0.340 e. The summed E-state index contributed by atoms with van der Waals surface area (Å²) in [5.74, 6) is 0.774. The van der Waals surface area contributed by atoms with Gasteiger partial charge in [0.1, 0.15) is 11.9 Å². The van der Waals surface area contributed by atoms with Crippen LogP contribution in [0.3, 0.4) is 0 Å².